The fourth-order valence-electron chi connectivity index (χ4n) is 4.75. The zero-order valence-electron chi connectivity index (χ0n) is 20.1. The molecule has 3 amide bonds. The molecule has 2 atom stereocenters. The first-order chi connectivity index (χ1) is 16.8. The van der Waals surface area contributed by atoms with Gasteiger partial charge in [-0.1, -0.05) is 42.5 Å². The second-order valence-electron chi connectivity index (χ2n) is 8.97. The van der Waals surface area contributed by atoms with Gasteiger partial charge in [-0.2, -0.15) is 0 Å². The summed E-state index contributed by atoms with van der Waals surface area (Å²) < 4.78 is 5.32. The smallest absolute Gasteiger partial charge is 0.328 e. The Morgan fingerprint density at radius 2 is 1.74 bits per heavy atom. The van der Waals surface area contributed by atoms with Gasteiger partial charge in [-0.25, -0.2) is 9.79 Å². The molecule has 0 aromatic heterocycles. The minimum atomic E-state index is -0.751. The van der Waals surface area contributed by atoms with Gasteiger partial charge in [0.2, 0.25) is 5.96 Å². The fourth-order valence-corrected chi connectivity index (χ4v) is 4.75. The molecule has 0 aliphatic carbocycles. The van der Waals surface area contributed by atoms with E-state index in [1.807, 2.05) is 79.1 Å². The van der Waals surface area contributed by atoms with Crippen molar-refractivity contribution in [3.8, 4) is 0 Å². The number of allylic oxidation sites excluding steroid dienone is 2. The zero-order valence-corrected chi connectivity index (χ0v) is 20.1. The molecule has 3 heterocycles. The van der Waals surface area contributed by atoms with Crippen LogP contribution in [0.2, 0.25) is 0 Å². The monoisotopic (exact) mass is 473 g/mol. The molecule has 9 nitrogen and oxygen atoms in total. The number of fused-ring (bicyclic) bond motifs is 3. The van der Waals surface area contributed by atoms with Gasteiger partial charge in [0.25, 0.3) is 5.91 Å². The molecule has 2 aromatic carbocycles. The Morgan fingerprint density at radius 3 is 2.46 bits per heavy atom. The van der Waals surface area contributed by atoms with Crippen molar-refractivity contribution in [3.05, 3.63) is 77.1 Å². The van der Waals surface area contributed by atoms with Crippen molar-refractivity contribution in [3.63, 3.8) is 0 Å². The average Bonchev–Trinajstić information content (AvgIpc) is 3.35. The van der Waals surface area contributed by atoms with E-state index in [9.17, 15) is 14.4 Å². The Labute approximate surface area is 203 Å². The van der Waals surface area contributed by atoms with Gasteiger partial charge in [0, 0.05) is 24.1 Å². The van der Waals surface area contributed by atoms with Crippen LogP contribution in [0, 0.1) is 6.92 Å². The number of carbonyl (C=O) groups excluding carboxylic acids is 3. The highest BCUT2D eigenvalue weighted by atomic mass is 16.5. The van der Waals surface area contributed by atoms with Crippen LogP contribution in [0.3, 0.4) is 0 Å². The first kappa shape index (κ1) is 22.6. The summed E-state index contributed by atoms with van der Waals surface area (Å²) in [5, 5.41) is 0. The van der Waals surface area contributed by atoms with Gasteiger partial charge in [0.15, 0.2) is 12.2 Å². The molecule has 0 bridgehead atoms. The number of anilines is 1. The largest absolute Gasteiger partial charge is 0.459 e. The number of ether oxygens (including phenoxy) is 1. The lowest BCUT2D eigenvalue weighted by molar-refractivity contribution is -0.151. The number of benzene rings is 2. The van der Waals surface area contributed by atoms with E-state index in [0.29, 0.717) is 5.96 Å². The van der Waals surface area contributed by atoms with E-state index in [0.717, 1.165) is 33.1 Å². The number of esters is 1. The van der Waals surface area contributed by atoms with Crippen molar-refractivity contribution < 1.29 is 19.1 Å². The molecule has 2 aromatic rings. The molecule has 0 spiro atoms. The maximum atomic E-state index is 13.6. The number of hydrogen-bond acceptors (Lipinski definition) is 7. The van der Waals surface area contributed by atoms with Crippen molar-refractivity contribution >= 4 is 29.6 Å². The third kappa shape index (κ3) is 3.73. The highest BCUT2D eigenvalue weighted by Gasteiger charge is 2.56. The molecule has 35 heavy (non-hydrogen) atoms. The molecule has 0 N–H and O–H groups in total. The second-order valence-corrected chi connectivity index (χ2v) is 8.97. The van der Waals surface area contributed by atoms with Gasteiger partial charge < -0.3 is 9.64 Å². The Balaban J connectivity index is 1.38. The Hall–Kier alpha value is -4.14. The molecule has 1 fully saturated rings. The van der Waals surface area contributed by atoms with Gasteiger partial charge in [-0.3, -0.25) is 24.3 Å². The normalized spacial score (nSPS) is 21.4. The summed E-state index contributed by atoms with van der Waals surface area (Å²) in [6.45, 7) is 5.55. The summed E-state index contributed by atoms with van der Waals surface area (Å²) in [5.41, 5.74) is 4.69. The van der Waals surface area contributed by atoms with Crippen molar-refractivity contribution in [2.24, 2.45) is 4.99 Å². The molecular weight excluding hydrogens is 446 g/mol. The molecule has 0 radical (unpaired) electrons. The lowest BCUT2D eigenvalue weighted by Crippen LogP contribution is -2.65. The number of likely N-dealkylation sites (N-methyl/N-ethyl adjacent to an activating group) is 1. The summed E-state index contributed by atoms with van der Waals surface area (Å²) in [7, 11) is 1.60. The third-order valence-corrected chi connectivity index (χ3v) is 6.68. The number of aryl methyl sites for hydroxylation is 1. The number of hydrogen-bond donors (Lipinski definition) is 0. The van der Waals surface area contributed by atoms with E-state index < -0.39 is 36.7 Å². The van der Waals surface area contributed by atoms with Crippen LogP contribution >= 0.6 is 0 Å². The number of imide groups is 1. The average molecular weight is 474 g/mol. The van der Waals surface area contributed by atoms with Crippen LogP contribution in [-0.2, 0) is 20.9 Å². The second kappa shape index (κ2) is 8.57. The predicted octanol–water partition coefficient (Wildman–Crippen LogP) is 3.07. The van der Waals surface area contributed by atoms with E-state index in [4.69, 9.17) is 9.73 Å². The third-order valence-electron chi connectivity index (χ3n) is 6.68. The van der Waals surface area contributed by atoms with Crippen LogP contribution in [0.4, 0.5) is 10.5 Å². The minimum Gasteiger partial charge on any atom is -0.459 e. The standard InChI is InChI=1S/C26H27N5O4/c1-16-9-8-12-20(13-16)30-17(2)18(3)31-22-23(27-25(30)31)28(4)26(34)29(24(22)33)14-21(32)35-15-19-10-6-5-7-11-19/h5-13,22-23H,14-15H2,1-4H3. The lowest BCUT2D eigenvalue weighted by Gasteiger charge is -2.40. The summed E-state index contributed by atoms with van der Waals surface area (Å²) in [4.78, 5) is 50.2. The van der Waals surface area contributed by atoms with E-state index in [1.54, 1.807) is 7.05 Å². The lowest BCUT2D eigenvalue weighted by atomic mass is 10.1. The molecule has 9 heteroatoms. The predicted molar refractivity (Wildman–Crippen MR) is 130 cm³/mol. The number of rotatable bonds is 5. The summed E-state index contributed by atoms with van der Waals surface area (Å²) in [6, 6.07) is 16.0. The van der Waals surface area contributed by atoms with Crippen molar-refractivity contribution in [2.45, 2.75) is 39.6 Å². The molecule has 3 aliphatic heterocycles. The summed E-state index contributed by atoms with van der Waals surface area (Å²) >= 11 is 0. The van der Waals surface area contributed by atoms with Crippen LogP contribution in [0.15, 0.2) is 71.0 Å². The van der Waals surface area contributed by atoms with Crippen LogP contribution in [0.5, 0.6) is 0 Å². The van der Waals surface area contributed by atoms with Crippen LogP contribution in [-0.4, -0.2) is 64.4 Å². The topological polar surface area (TPSA) is 85.8 Å². The maximum Gasteiger partial charge on any atom is 0.328 e. The number of nitrogens with zero attached hydrogens (tertiary/aromatic N) is 5. The molecule has 5 rings (SSSR count). The SMILES string of the molecule is CC1=C(C)N2C(=NC3C2C(=O)N(CC(=O)OCc2ccccc2)C(=O)N3C)N1c1cccc(C)c1. The van der Waals surface area contributed by atoms with Gasteiger partial charge in [-0.05, 0) is 44.0 Å². The van der Waals surface area contributed by atoms with E-state index in [1.165, 1.54) is 4.90 Å². The van der Waals surface area contributed by atoms with Gasteiger partial charge >= 0.3 is 12.0 Å². The Morgan fingerprint density at radius 1 is 1.00 bits per heavy atom. The first-order valence-corrected chi connectivity index (χ1v) is 11.5. The van der Waals surface area contributed by atoms with Crippen LogP contribution in [0.1, 0.15) is 25.0 Å². The Kier molecular flexibility index (Phi) is 5.55. The molecule has 2 unspecified atom stereocenters. The van der Waals surface area contributed by atoms with Crippen molar-refractivity contribution in [1.82, 2.24) is 14.7 Å². The number of urea groups is 1. The minimum absolute atomic E-state index is 0.0731. The molecular formula is C26H27N5O4. The number of carbonyl (C=O) groups is 3. The number of amides is 3. The quantitative estimate of drug-likeness (QED) is 0.621. The highest BCUT2D eigenvalue weighted by molar-refractivity contribution is 6.11. The van der Waals surface area contributed by atoms with Crippen LogP contribution in [0.25, 0.3) is 0 Å². The number of guanidine groups is 1. The van der Waals surface area contributed by atoms with Gasteiger partial charge in [0.1, 0.15) is 13.2 Å². The maximum absolute atomic E-state index is 13.6. The summed E-state index contributed by atoms with van der Waals surface area (Å²) in [5.74, 6) is -0.512. The molecule has 3 aliphatic rings. The van der Waals surface area contributed by atoms with Gasteiger partial charge in [-0.15, -0.1) is 0 Å². The van der Waals surface area contributed by atoms with E-state index in [-0.39, 0.29) is 6.61 Å². The van der Waals surface area contributed by atoms with Crippen molar-refractivity contribution in [1.29, 1.82) is 0 Å². The van der Waals surface area contributed by atoms with E-state index in [2.05, 4.69) is 6.07 Å². The molecule has 0 saturated carbocycles. The molecule has 180 valence electrons. The summed E-state index contributed by atoms with van der Waals surface area (Å²) in [6.07, 6.45) is -0.683. The highest BCUT2D eigenvalue weighted by Crippen LogP contribution is 2.40. The Bertz CT molecular complexity index is 1270. The molecule has 1 saturated heterocycles. The van der Waals surface area contributed by atoms with Crippen molar-refractivity contribution in [2.75, 3.05) is 18.5 Å². The number of aliphatic imine (C=N–C) groups is 1. The van der Waals surface area contributed by atoms with E-state index >= 15 is 0 Å². The fraction of sp³-hybridized carbons (Fsp3) is 0.308. The van der Waals surface area contributed by atoms with Crippen LogP contribution < -0.4 is 4.90 Å². The first-order valence-electron chi connectivity index (χ1n) is 11.5. The van der Waals surface area contributed by atoms with Gasteiger partial charge in [0.05, 0.1) is 0 Å². The zero-order chi connectivity index (χ0) is 24.9.